The summed E-state index contributed by atoms with van der Waals surface area (Å²) in [5, 5.41) is 4.27. The summed E-state index contributed by atoms with van der Waals surface area (Å²) in [6.45, 7) is 1.90. The van der Waals surface area contributed by atoms with E-state index in [9.17, 15) is 9.59 Å². The molecule has 2 aromatic rings. The molecule has 0 fully saturated rings. The van der Waals surface area contributed by atoms with Gasteiger partial charge in [0.2, 0.25) is 5.91 Å². The van der Waals surface area contributed by atoms with Gasteiger partial charge in [-0.2, -0.15) is 0 Å². The molecule has 0 unspecified atom stereocenters. The molecule has 1 heterocycles. The molecule has 0 aliphatic rings. The predicted molar refractivity (Wildman–Crippen MR) is 83.0 cm³/mol. The molecule has 0 spiro atoms. The van der Waals surface area contributed by atoms with Crippen LogP contribution in [-0.2, 0) is 4.79 Å². The molecule has 0 aliphatic carbocycles. The van der Waals surface area contributed by atoms with Crippen LogP contribution >= 0.6 is 23.1 Å². The highest BCUT2D eigenvalue weighted by atomic mass is 32.2. The molecule has 2 rings (SSSR count). The van der Waals surface area contributed by atoms with Gasteiger partial charge in [0.25, 0.3) is 5.91 Å². The van der Waals surface area contributed by atoms with Gasteiger partial charge < -0.3 is 4.74 Å². The number of thioether (sulfide) groups is 1. The molecule has 0 aliphatic heterocycles. The zero-order valence-electron chi connectivity index (χ0n) is 11.6. The number of thiazole rings is 1. The monoisotopic (exact) mass is 322 g/mol. The van der Waals surface area contributed by atoms with Gasteiger partial charge in [-0.1, -0.05) is 11.8 Å². The first-order valence-electron chi connectivity index (χ1n) is 6.11. The summed E-state index contributed by atoms with van der Waals surface area (Å²) in [4.78, 5) is 27.8. The average Bonchev–Trinajstić information content (AvgIpc) is 2.91. The molecule has 0 saturated carbocycles. The maximum atomic E-state index is 11.9. The number of ether oxygens (including phenoxy) is 1. The first-order chi connectivity index (χ1) is 10.1. The van der Waals surface area contributed by atoms with Crippen LogP contribution in [0.5, 0.6) is 5.75 Å². The summed E-state index contributed by atoms with van der Waals surface area (Å²) in [5.74, 6) is 0.0642. The normalized spacial score (nSPS) is 10.2. The van der Waals surface area contributed by atoms with Crippen LogP contribution in [0.1, 0.15) is 16.1 Å². The minimum atomic E-state index is -0.418. The number of carbonyl (C=O) groups is 2. The summed E-state index contributed by atoms with van der Waals surface area (Å²) >= 11 is 2.80. The van der Waals surface area contributed by atoms with Crippen molar-refractivity contribution in [3.63, 3.8) is 0 Å². The maximum absolute atomic E-state index is 11.9. The Labute approximate surface area is 130 Å². The third-order valence-electron chi connectivity index (χ3n) is 2.53. The van der Waals surface area contributed by atoms with Gasteiger partial charge in [-0.3, -0.25) is 14.9 Å². The molecule has 110 valence electrons. The summed E-state index contributed by atoms with van der Waals surface area (Å²) in [6, 6.07) is 6.57. The van der Waals surface area contributed by atoms with E-state index in [1.54, 1.807) is 31.4 Å². The van der Waals surface area contributed by atoms with Gasteiger partial charge >= 0.3 is 0 Å². The minimum Gasteiger partial charge on any atom is -0.497 e. The molecular weight excluding hydrogens is 308 g/mol. The zero-order valence-corrected chi connectivity index (χ0v) is 13.2. The number of nitrogens with one attached hydrogen (secondary N) is 1. The molecule has 1 aromatic heterocycles. The molecule has 5 nitrogen and oxygen atoms in total. The molecule has 0 bridgehead atoms. The zero-order chi connectivity index (χ0) is 15.2. The van der Waals surface area contributed by atoms with Crippen molar-refractivity contribution in [1.29, 1.82) is 0 Å². The number of aromatic nitrogens is 1. The molecule has 7 heteroatoms. The largest absolute Gasteiger partial charge is 0.497 e. The van der Waals surface area contributed by atoms with E-state index >= 15 is 0 Å². The standard InChI is InChI=1S/C14H14N2O3S2/c1-9-7-20-14(15-9)21-8-12(17)16-13(18)10-3-5-11(19-2)6-4-10/h3-7H,8H2,1-2H3,(H,16,17,18). The summed E-state index contributed by atoms with van der Waals surface area (Å²) in [7, 11) is 1.55. The van der Waals surface area contributed by atoms with Gasteiger partial charge in [-0.15, -0.1) is 11.3 Å². The number of rotatable bonds is 5. The molecule has 0 radical (unpaired) electrons. The van der Waals surface area contributed by atoms with Crippen LogP contribution in [0.2, 0.25) is 0 Å². The van der Waals surface area contributed by atoms with E-state index in [0.717, 1.165) is 10.0 Å². The number of hydrogen-bond donors (Lipinski definition) is 1. The lowest BCUT2D eigenvalue weighted by molar-refractivity contribution is -0.117. The molecule has 1 N–H and O–H groups in total. The molecule has 0 atom stereocenters. The first kappa shape index (κ1) is 15.5. The van der Waals surface area contributed by atoms with E-state index in [1.807, 2.05) is 12.3 Å². The highest BCUT2D eigenvalue weighted by molar-refractivity contribution is 8.01. The SMILES string of the molecule is COc1ccc(C(=O)NC(=O)CSc2nc(C)cs2)cc1. The fraction of sp³-hybridized carbons (Fsp3) is 0.214. The number of carbonyl (C=O) groups excluding carboxylic acids is 2. The van der Waals surface area contributed by atoms with Crippen LogP contribution in [-0.4, -0.2) is 29.7 Å². The second-order valence-corrected chi connectivity index (χ2v) is 6.23. The van der Waals surface area contributed by atoms with E-state index in [-0.39, 0.29) is 11.7 Å². The Morgan fingerprint density at radius 1 is 1.33 bits per heavy atom. The van der Waals surface area contributed by atoms with Crippen molar-refractivity contribution in [2.45, 2.75) is 11.3 Å². The third kappa shape index (κ3) is 4.57. The lowest BCUT2D eigenvalue weighted by Gasteiger charge is -2.04. The predicted octanol–water partition coefficient (Wildman–Crippen LogP) is 2.51. The summed E-state index contributed by atoms with van der Waals surface area (Å²) < 4.78 is 5.83. The number of nitrogens with zero attached hydrogens (tertiary/aromatic N) is 1. The van der Waals surface area contributed by atoms with E-state index in [0.29, 0.717) is 11.3 Å². The Morgan fingerprint density at radius 3 is 2.62 bits per heavy atom. The van der Waals surface area contributed by atoms with Gasteiger partial charge in [0.15, 0.2) is 4.34 Å². The molecule has 2 amide bonds. The van der Waals surface area contributed by atoms with E-state index in [2.05, 4.69) is 10.3 Å². The summed E-state index contributed by atoms with van der Waals surface area (Å²) in [6.07, 6.45) is 0. The van der Waals surface area contributed by atoms with Crippen molar-refractivity contribution >= 4 is 34.9 Å². The Kier molecular flexibility index (Phi) is 5.35. The fourth-order valence-electron chi connectivity index (χ4n) is 1.50. The molecule has 1 aromatic carbocycles. The van der Waals surface area contributed by atoms with Crippen LogP contribution in [0.3, 0.4) is 0 Å². The number of hydrogen-bond acceptors (Lipinski definition) is 6. The van der Waals surface area contributed by atoms with Crippen molar-refractivity contribution in [3.05, 3.63) is 40.9 Å². The quantitative estimate of drug-likeness (QED) is 0.857. The van der Waals surface area contributed by atoms with Crippen molar-refractivity contribution in [2.75, 3.05) is 12.9 Å². The molecule has 0 saturated heterocycles. The number of methoxy groups -OCH3 is 1. The second kappa shape index (κ2) is 7.24. The van der Waals surface area contributed by atoms with Crippen LogP contribution in [0, 0.1) is 6.92 Å². The van der Waals surface area contributed by atoms with Gasteiger partial charge in [-0.25, -0.2) is 4.98 Å². The number of benzene rings is 1. The Hall–Kier alpha value is -1.86. The first-order valence-corrected chi connectivity index (χ1v) is 7.98. The molecule has 21 heavy (non-hydrogen) atoms. The van der Waals surface area contributed by atoms with Gasteiger partial charge in [0.05, 0.1) is 12.9 Å². The topological polar surface area (TPSA) is 68.3 Å². The summed E-state index contributed by atoms with van der Waals surface area (Å²) in [5.41, 5.74) is 1.34. The Bertz CT molecular complexity index is 638. The highest BCUT2D eigenvalue weighted by Crippen LogP contribution is 2.21. The number of imide groups is 1. The van der Waals surface area contributed by atoms with E-state index in [4.69, 9.17) is 4.74 Å². The fourth-order valence-corrected chi connectivity index (χ4v) is 3.15. The Balaban J connectivity index is 1.85. The highest BCUT2D eigenvalue weighted by Gasteiger charge is 2.11. The van der Waals surface area contributed by atoms with E-state index < -0.39 is 5.91 Å². The van der Waals surface area contributed by atoms with Crippen LogP contribution in [0.15, 0.2) is 34.0 Å². The van der Waals surface area contributed by atoms with Crippen molar-refractivity contribution in [3.8, 4) is 5.75 Å². The Morgan fingerprint density at radius 2 is 2.05 bits per heavy atom. The van der Waals surface area contributed by atoms with Crippen LogP contribution < -0.4 is 10.1 Å². The lowest BCUT2D eigenvalue weighted by atomic mass is 10.2. The van der Waals surface area contributed by atoms with Gasteiger partial charge in [0.1, 0.15) is 5.75 Å². The average molecular weight is 322 g/mol. The molecular formula is C14H14N2O3S2. The van der Waals surface area contributed by atoms with Gasteiger partial charge in [0, 0.05) is 16.6 Å². The number of aryl methyl sites for hydroxylation is 1. The van der Waals surface area contributed by atoms with Gasteiger partial charge in [-0.05, 0) is 31.2 Å². The van der Waals surface area contributed by atoms with Crippen molar-refractivity contribution in [1.82, 2.24) is 10.3 Å². The minimum absolute atomic E-state index is 0.162. The van der Waals surface area contributed by atoms with Crippen molar-refractivity contribution in [2.24, 2.45) is 0 Å². The number of amides is 2. The maximum Gasteiger partial charge on any atom is 0.257 e. The van der Waals surface area contributed by atoms with Crippen molar-refractivity contribution < 1.29 is 14.3 Å². The van der Waals surface area contributed by atoms with Crippen LogP contribution in [0.25, 0.3) is 0 Å². The third-order valence-corrected chi connectivity index (χ3v) is 4.67. The lowest BCUT2D eigenvalue weighted by Crippen LogP contribution is -2.31. The van der Waals surface area contributed by atoms with E-state index in [1.165, 1.54) is 23.1 Å². The second-order valence-electron chi connectivity index (χ2n) is 4.15. The van der Waals surface area contributed by atoms with Crippen LogP contribution in [0.4, 0.5) is 0 Å². The smallest absolute Gasteiger partial charge is 0.257 e.